The summed E-state index contributed by atoms with van der Waals surface area (Å²) < 4.78 is 42.6. The van der Waals surface area contributed by atoms with Gasteiger partial charge in [-0.2, -0.15) is 13.2 Å². The van der Waals surface area contributed by atoms with Crippen molar-refractivity contribution in [3.8, 4) is 0 Å². The van der Waals surface area contributed by atoms with E-state index in [1.807, 2.05) is 0 Å². The summed E-state index contributed by atoms with van der Waals surface area (Å²) in [6, 6.07) is 5.23. The van der Waals surface area contributed by atoms with E-state index in [2.05, 4.69) is 5.32 Å². The molecule has 1 aromatic rings. The van der Waals surface area contributed by atoms with Gasteiger partial charge in [0.1, 0.15) is 0 Å². The molecule has 6 heteroatoms. The molecule has 0 bridgehead atoms. The van der Waals surface area contributed by atoms with Crippen LogP contribution < -0.4 is 5.32 Å². The van der Waals surface area contributed by atoms with Crippen LogP contribution in [0.3, 0.4) is 0 Å². The minimum atomic E-state index is -4.32. The van der Waals surface area contributed by atoms with Gasteiger partial charge in [-0.3, -0.25) is 0 Å². The first-order valence-corrected chi connectivity index (χ1v) is 6.01. The second kappa shape index (κ2) is 5.48. The summed E-state index contributed by atoms with van der Waals surface area (Å²) in [6.07, 6.45) is -4.32. The fourth-order valence-corrected chi connectivity index (χ4v) is 1.97. The zero-order chi connectivity index (χ0) is 13.9. The maximum atomic E-state index is 12.5. The topological polar surface area (TPSA) is 41.5 Å². The molecular formula is C13H16F3NO2. The van der Waals surface area contributed by atoms with Crippen LogP contribution >= 0.6 is 0 Å². The molecule has 19 heavy (non-hydrogen) atoms. The lowest BCUT2D eigenvalue weighted by Gasteiger charge is -2.40. The number of nitrogens with one attached hydrogen (secondary N) is 1. The van der Waals surface area contributed by atoms with Crippen molar-refractivity contribution in [2.75, 3.05) is 26.4 Å². The monoisotopic (exact) mass is 275 g/mol. The Morgan fingerprint density at radius 3 is 2.58 bits per heavy atom. The van der Waals surface area contributed by atoms with E-state index in [1.54, 1.807) is 6.07 Å². The summed E-state index contributed by atoms with van der Waals surface area (Å²) in [7, 11) is 0. The number of aliphatic hydroxyl groups excluding tert-OH is 1. The molecule has 0 radical (unpaired) electrons. The molecule has 0 aliphatic carbocycles. The Morgan fingerprint density at radius 1 is 1.32 bits per heavy atom. The van der Waals surface area contributed by atoms with Crippen LogP contribution in [0.1, 0.15) is 11.1 Å². The Kier molecular flexibility index (Phi) is 4.13. The molecule has 2 N–H and O–H groups in total. The quantitative estimate of drug-likeness (QED) is 0.861. The molecule has 0 amide bonds. The van der Waals surface area contributed by atoms with Crippen LogP contribution in [0.5, 0.6) is 0 Å². The lowest BCUT2D eigenvalue weighted by molar-refractivity contribution is -0.137. The van der Waals surface area contributed by atoms with E-state index >= 15 is 0 Å². The number of hydrogen-bond donors (Lipinski definition) is 2. The van der Waals surface area contributed by atoms with E-state index in [1.165, 1.54) is 6.07 Å². The standard InChI is InChI=1S/C13H16F3NO2/c14-13(15,16)11-3-1-2-10(4-11)5-17-6-12(7-18)8-19-9-12/h1-4,17-18H,5-9H2. The highest BCUT2D eigenvalue weighted by molar-refractivity contribution is 5.25. The van der Waals surface area contributed by atoms with Crippen molar-refractivity contribution in [3.05, 3.63) is 35.4 Å². The fourth-order valence-electron chi connectivity index (χ4n) is 1.97. The van der Waals surface area contributed by atoms with Gasteiger partial charge < -0.3 is 15.2 Å². The zero-order valence-corrected chi connectivity index (χ0v) is 10.3. The molecule has 3 nitrogen and oxygen atoms in total. The van der Waals surface area contributed by atoms with Crippen molar-refractivity contribution >= 4 is 0 Å². The minimum Gasteiger partial charge on any atom is -0.396 e. The molecule has 0 spiro atoms. The number of alkyl halides is 3. The molecule has 2 rings (SSSR count). The first-order chi connectivity index (χ1) is 8.95. The summed E-state index contributed by atoms with van der Waals surface area (Å²) in [5.41, 5.74) is -0.347. The summed E-state index contributed by atoms with van der Waals surface area (Å²) in [5, 5.41) is 12.3. The normalized spacial score (nSPS) is 18.1. The lowest BCUT2D eigenvalue weighted by atomic mass is 9.87. The number of rotatable bonds is 5. The number of aliphatic hydroxyl groups is 1. The number of hydrogen-bond acceptors (Lipinski definition) is 3. The highest BCUT2D eigenvalue weighted by Crippen LogP contribution is 2.29. The molecular weight excluding hydrogens is 259 g/mol. The second-order valence-corrected chi connectivity index (χ2v) is 4.95. The summed E-state index contributed by atoms with van der Waals surface area (Å²) in [5.74, 6) is 0. The van der Waals surface area contributed by atoms with E-state index < -0.39 is 11.7 Å². The van der Waals surface area contributed by atoms with Gasteiger partial charge in [-0.15, -0.1) is 0 Å². The van der Waals surface area contributed by atoms with Gasteiger partial charge in [-0.1, -0.05) is 18.2 Å². The Labute approximate surface area is 109 Å². The Bertz CT molecular complexity index is 425. The Morgan fingerprint density at radius 2 is 2.05 bits per heavy atom. The Balaban J connectivity index is 1.89. The fraction of sp³-hybridized carbons (Fsp3) is 0.538. The molecule has 1 aliphatic rings. The number of ether oxygens (including phenoxy) is 1. The average molecular weight is 275 g/mol. The maximum absolute atomic E-state index is 12.5. The van der Waals surface area contributed by atoms with Crippen molar-refractivity contribution in [2.24, 2.45) is 5.41 Å². The van der Waals surface area contributed by atoms with Gasteiger partial charge in [0.15, 0.2) is 0 Å². The van der Waals surface area contributed by atoms with Gasteiger partial charge in [0.05, 0.1) is 30.8 Å². The maximum Gasteiger partial charge on any atom is 0.416 e. The molecule has 0 unspecified atom stereocenters. The molecule has 0 aromatic heterocycles. The smallest absolute Gasteiger partial charge is 0.396 e. The third kappa shape index (κ3) is 3.46. The van der Waals surface area contributed by atoms with Crippen molar-refractivity contribution < 1.29 is 23.0 Å². The third-order valence-corrected chi connectivity index (χ3v) is 3.24. The van der Waals surface area contributed by atoms with Gasteiger partial charge in [0.25, 0.3) is 0 Å². The highest BCUT2D eigenvalue weighted by Gasteiger charge is 2.37. The summed E-state index contributed by atoms with van der Waals surface area (Å²) in [4.78, 5) is 0. The third-order valence-electron chi connectivity index (χ3n) is 3.24. The molecule has 1 fully saturated rings. The molecule has 1 aliphatic heterocycles. The van der Waals surface area contributed by atoms with Crippen LogP contribution in [-0.2, 0) is 17.5 Å². The van der Waals surface area contributed by atoms with Crippen LogP contribution in [-0.4, -0.2) is 31.5 Å². The second-order valence-electron chi connectivity index (χ2n) is 4.95. The largest absolute Gasteiger partial charge is 0.416 e. The van der Waals surface area contributed by atoms with Gasteiger partial charge >= 0.3 is 6.18 Å². The lowest BCUT2D eigenvalue weighted by Crippen LogP contribution is -2.52. The number of halogens is 3. The zero-order valence-electron chi connectivity index (χ0n) is 10.3. The van der Waals surface area contributed by atoms with E-state index in [0.29, 0.717) is 31.9 Å². The van der Waals surface area contributed by atoms with Gasteiger partial charge in [0, 0.05) is 13.1 Å². The average Bonchev–Trinajstić information content (AvgIpc) is 2.32. The van der Waals surface area contributed by atoms with Crippen molar-refractivity contribution in [2.45, 2.75) is 12.7 Å². The van der Waals surface area contributed by atoms with Crippen molar-refractivity contribution in [1.29, 1.82) is 0 Å². The SMILES string of the molecule is OCC1(CNCc2cccc(C(F)(F)F)c2)COC1. The van der Waals surface area contributed by atoms with Crippen LogP contribution in [0.15, 0.2) is 24.3 Å². The molecule has 0 atom stereocenters. The van der Waals surface area contributed by atoms with Crippen LogP contribution in [0, 0.1) is 5.41 Å². The molecule has 1 heterocycles. The van der Waals surface area contributed by atoms with Gasteiger partial charge in [0.2, 0.25) is 0 Å². The van der Waals surface area contributed by atoms with E-state index in [0.717, 1.165) is 12.1 Å². The van der Waals surface area contributed by atoms with Crippen LogP contribution in [0.25, 0.3) is 0 Å². The number of benzene rings is 1. The molecule has 1 aromatic carbocycles. The molecule has 1 saturated heterocycles. The van der Waals surface area contributed by atoms with Gasteiger partial charge in [-0.05, 0) is 11.6 Å². The van der Waals surface area contributed by atoms with Gasteiger partial charge in [-0.25, -0.2) is 0 Å². The summed E-state index contributed by atoms with van der Waals surface area (Å²) in [6.45, 7) is 1.85. The predicted molar refractivity (Wildman–Crippen MR) is 63.5 cm³/mol. The molecule has 106 valence electrons. The first-order valence-electron chi connectivity index (χ1n) is 6.01. The van der Waals surface area contributed by atoms with Crippen LogP contribution in [0.2, 0.25) is 0 Å². The predicted octanol–water partition coefficient (Wildman–Crippen LogP) is 1.80. The molecule has 0 saturated carbocycles. The highest BCUT2D eigenvalue weighted by atomic mass is 19.4. The first kappa shape index (κ1) is 14.3. The minimum absolute atomic E-state index is 0.0165. The van der Waals surface area contributed by atoms with Crippen molar-refractivity contribution in [3.63, 3.8) is 0 Å². The van der Waals surface area contributed by atoms with E-state index in [9.17, 15) is 18.3 Å². The van der Waals surface area contributed by atoms with E-state index in [4.69, 9.17) is 4.74 Å². The summed E-state index contributed by atoms with van der Waals surface area (Å²) >= 11 is 0. The Hall–Kier alpha value is -1.11. The van der Waals surface area contributed by atoms with E-state index in [-0.39, 0.29) is 12.0 Å². The van der Waals surface area contributed by atoms with Crippen molar-refractivity contribution in [1.82, 2.24) is 5.32 Å². The van der Waals surface area contributed by atoms with Crippen LogP contribution in [0.4, 0.5) is 13.2 Å².